The average Bonchev–Trinajstić information content (AvgIpc) is 3.42. The number of aromatic nitrogens is 4. The molecule has 0 unspecified atom stereocenters. The van der Waals surface area contributed by atoms with E-state index in [1.807, 2.05) is 66.9 Å². The second-order valence-electron chi connectivity index (χ2n) is 7.33. The molecule has 3 aromatic carbocycles. The van der Waals surface area contributed by atoms with E-state index in [0.29, 0.717) is 28.6 Å². The summed E-state index contributed by atoms with van der Waals surface area (Å²) in [6, 6.07) is 25.7. The minimum atomic E-state index is -0.201. The molecule has 0 saturated carbocycles. The van der Waals surface area contributed by atoms with Gasteiger partial charge in [-0.15, -0.1) is 0 Å². The van der Waals surface area contributed by atoms with Gasteiger partial charge < -0.3 is 15.4 Å². The summed E-state index contributed by atoms with van der Waals surface area (Å²) >= 11 is 0. The minimum absolute atomic E-state index is 0.201. The van der Waals surface area contributed by atoms with Crippen LogP contribution in [0.15, 0.2) is 110 Å². The Morgan fingerprint density at radius 3 is 2.29 bits per heavy atom. The Kier molecular flexibility index (Phi) is 5.94. The van der Waals surface area contributed by atoms with Gasteiger partial charge in [-0.05, 0) is 60.7 Å². The summed E-state index contributed by atoms with van der Waals surface area (Å²) in [5.74, 6) is 2.56. The van der Waals surface area contributed by atoms with E-state index in [9.17, 15) is 4.79 Å². The molecule has 1 amide bonds. The Balaban J connectivity index is 1.20. The van der Waals surface area contributed by atoms with Crippen molar-refractivity contribution in [1.82, 2.24) is 19.5 Å². The first-order valence-electron chi connectivity index (χ1n) is 10.5. The maximum Gasteiger partial charge on any atom is 0.255 e. The summed E-state index contributed by atoms with van der Waals surface area (Å²) in [7, 11) is 0. The van der Waals surface area contributed by atoms with Gasteiger partial charge in [0, 0.05) is 35.4 Å². The third-order valence-electron chi connectivity index (χ3n) is 4.93. The van der Waals surface area contributed by atoms with E-state index >= 15 is 0 Å². The van der Waals surface area contributed by atoms with Gasteiger partial charge in [-0.25, -0.2) is 15.0 Å². The molecule has 0 aliphatic rings. The summed E-state index contributed by atoms with van der Waals surface area (Å²) in [4.78, 5) is 25.1. The number of nitrogens with one attached hydrogen (secondary N) is 2. The Morgan fingerprint density at radius 2 is 1.56 bits per heavy atom. The second kappa shape index (κ2) is 9.66. The quantitative estimate of drug-likeness (QED) is 0.344. The molecule has 0 aliphatic heterocycles. The fourth-order valence-corrected chi connectivity index (χ4v) is 3.24. The summed E-state index contributed by atoms with van der Waals surface area (Å²) in [6.45, 7) is 0. The lowest BCUT2D eigenvalue weighted by atomic mass is 10.2. The Labute approximate surface area is 195 Å². The number of carbonyl (C=O) groups excluding carboxylic acids is 1. The molecule has 2 aromatic heterocycles. The van der Waals surface area contributed by atoms with Crippen molar-refractivity contribution >= 4 is 23.1 Å². The highest BCUT2D eigenvalue weighted by molar-refractivity contribution is 6.04. The molecule has 0 aliphatic carbocycles. The van der Waals surface area contributed by atoms with E-state index in [1.54, 1.807) is 41.4 Å². The maximum absolute atomic E-state index is 12.6. The molecular formula is C26H20N6O2. The molecule has 2 N–H and O–H groups in total. The molecule has 0 radical (unpaired) electrons. The number of ether oxygens (including phenoxy) is 1. The van der Waals surface area contributed by atoms with Crippen molar-refractivity contribution < 1.29 is 9.53 Å². The first-order valence-corrected chi connectivity index (χ1v) is 10.5. The van der Waals surface area contributed by atoms with Crippen LogP contribution >= 0.6 is 0 Å². The van der Waals surface area contributed by atoms with Crippen LogP contribution in [0.2, 0.25) is 0 Å². The molecule has 5 rings (SSSR count). The SMILES string of the molecule is O=C(Nc1ccc(Nc2cc(-n3ccnc3)ncn2)cc1)c1ccc(Oc2ccccc2)cc1. The minimum Gasteiger partial charge on any atom is -0.457 e. The van der Waals surface area contributed by atoms with Gasteiger partial charge in [0.05, 0.1) is 0 Å². The number of nitrogens with zero attached hydrogens (tertiary/aromatic N) is 4. The fraction of sp³-hybridized carbons (Fsp3) is 0. The highest BCUT2D eigenvalue weighted by atomic mass is 16.5. The van der Waals surface area contributed by atoms with Crippen molar-refractivity contribution in [3.8, 4) is 17.3 Å². The number of carbonyl (C=O) groups is 1. The van der Waals surface area contributed by atoms with Crippen molar-refractivity contribution in [2.75, 3.05) is 10.6 Å². The average molecular weight is 448 g/mol. The van der Waals surface area contributed by atoms with Gasteiger partial charge in [0.15, 0.2) is 0 Å². The van der Waals surface area contributed by atoms with Crippen LogP contribution in [0.25, 0.3) is 5.82 Å². The zero-order chi connectivity index (χ0) is 23.2. The second-order valence-corrected chi connectivity index (χ2v) is 7.33. The van der Waals surface area contributed by atoms with E-state index in [4.69, 9.17) is 4.74 Å². The molecule has 2 heterocycles. The van der Waals surface area contributed by atoms with Crippen molar-refractivity contribution in [1.29, 1.82) is 0 Å². The Bertz CT molecular complexity index is 1370. The van der Waals surface area contributed by atoms with Gasteiger partial charge in [-0.1, -0.05) is 18.2 Å². The lowest BCUT2D eigenvalue weighted by Gasteiger charge is -2.10. The van der Waals surface area contributed by atoms with Gasteiger partial charge in [0.1, 0.15) is 35.8 Å². The summed E-state index contributed by atoms with van der Waals surface area (Å²) in [6.07, 6.45) is 6.67. The molecule has 8 heteroatoms. The zero-order valence-corrected chi connectivity index (χ0v) is 18.0. The summed E-state index contributed by atoms with van der Waals surface area (Å²) in [5, 5.41) is 6.14. The van der Waals surface area contributed by atoms with Crippen LogP contribution in [0.3, 0.4) is 0 Å². The number of rotatable bonds is 7. The molecular weight excluding hydrogens is 428 g/mol. The van der Waals surface area contributed by atoms with Crippen molar-refractivity contribution in [3.63, 3.8) is 0 Å². The molecule has 166 valence electrons. The molecule has 0 fully saturated rings. The van der Waals surface area contributed by atoms with Crippen LogP contribution in [-0.4, -0.2) is 25.4 Å². The predicted molar refractivity (Wildman–Crippen MR) is 130 cm³/mol. The van der Waals surface area contributed by atoms with E-state index in [-0.39, 0.29) is 5.91 Å². The number of hydrogen-bond acceptors (Lipinski definition) is 6. The smallest absolute Gasteiger partial charge is 0.255 e. The normalized spacial score (nSPS) is 10.5. The Hall–Kier alpha value is -4.98. The van der Waals surface area contributed by atoms with Crippen molar-refractivity contribution in [3.05, 3.63) is 116 Å². The summed E-state index contributed by atoms with van der Waals surface area (Å²) < 4.78 is 7.57. The van der Waals surface area contributed by atoms with E-state index in [0.717, 1.165) is 11.4 Å². The highest BCUT2D eigenvalue weighted by Gasteiger charge is 2.07. The predicted octanol–water partition coefficient (Wildman–Crippen LogP) is 5.45. The van der Waals surface area contributed by atoms with Crippen LogP contribution in [0.4, 0.5) is 17.2 Å². The molecule has 34 heavy (non-hydrogen) atoms. The van der Waals surface area contributed by atoms with Crippen molar-refractivity contribution in [2.24, 2.45) is 0 Å². The molecule has 0 atom stereocenters. The lowest BCUT2D eigenvalue weighted by Crippen LogP contribution is -2.11. The topological polar surface area (TPSA) is 94.0 Å². The van der Waals surface area contributed by atoms with E-state index in [2.05, 4.69) is 25.6 Å². The van der Waals surface area contributed by atoms with Gasteiger partial charge in [0.2, 0.25) is 0 Å². The first kappa shape index (κ1) is 20.9. The largest absolute Gasteiger partial charge is 0.457 e. The van der Waals surface area contributed by atoms with Crippen LogP contribution in [-0.2, 0) is 0 Å². The van der Waals surface area contributed by atoms with Gasteiger partial charge in [-0.3, -0.25) is 9.36 Å². The van der Waals surface area contributed by atoms with Crippen LogP contribution in [0, 0.1) is 0 Å². The molecule has 0 bridgehead atoms. The molecule has 8 nitrogen and oxygen atoms in total. The highest BCUT2D eigenvalue weighted by Crippen LogP contribution is 2.22. The molecule has 0 saturated heterocycles. The third-order valence-corrected chi connectivity index (χ3v) is 4.93. The number of amides is 1. The van der Waals surface area contributed by atoms with Crippen molar-refractivity contribution in [2.45, 2.75) is 0 Å². The first-order chi connectivity index (χ1) is 16.7. The standard InChI is InChI=1S/C26H20N6O2/c33-26(19-6-12-23(13-7-19)34-22-4-2-1-3-5-22)31-21-10-8-20(9-11-21)30-24-16-25(29-17-28-24)32-15-14-27-18-32/h1-18H,(H,31,33)(H,28,29,30). The monoisotopic (exact) mass is 448 g/mol. The maximum atomic E-state index is 12.6. The summed E-state index contributed by atoms with van der Waals surface area (Å²) in [5.41, 5.74) is 2.05. The van der Waals surface area contributed by atoms with Crippen LogP contribution in [0.1, 0.15) is 10.4 Å². The van der Waals surface area contributed by atoms with Gasteiger partial charge in [-0.2, -0.15) is 0 Å². The molecule has 5 aromatic rings. The van der Waals surface area contributed by atoms with Gasteiger partial charge >= 0.3 is 0 Å². The lowest BCUT2D eigenvalue weighted by molar-refractivity contribution is 0.102. The van der Waals surface area contributed by atoms with Crippen LogP contribution in [0.5, 0.6) is 11.5 Å². The van der Waals surface area contributed by atoms with E-state index < -0.39 is 0 Å². The number of imidazole rings is 1. The number of benzene rings is 3. The molecule has 0 spiro atoms. The number of hydrogen-bond donors (Lipinski definition) is 2. The van der Waals surface area contributed by atoms with E-state index in [1.165, 1.54) is 6.33 Å². The fourth-order valence-electron chi connectivity index (χ4n) is 3.24. The zero-order valence-electron chi connectivity index (χ0n) is 18.0. The van der Waals surface area contributed by atoms with Gasteiger partial charge in [0.25, 0.3) is 5.91 Å². The Morgan fingerprint density at radius 1 is 0.824 bits per heavy atom. The number of para-hydroxylation sites is 1. The number of anilines is 3. The van der Waals surface area contributed by atoms with Crippen LogP contribution < -0.4 is 15.4 Å². The third kappa shape index (κ3) is 5.08.